The van der Waals surface area contributed by atoms with Crippen LogP contribution in [0.4, 0.5) is 8.78 Å². The zero-order chi connectivity index (χ0) is 29.3. The number of hydrogen-bond acceptors (Lipinski definition) is 7. The summed E-state index contributed by atoms with van der Waals surface area (Å²) < 4.78 is 49.8. The number of carbonyl (C=O) groups is 1. The summed E-state index contributed by atoms with van der Waals surface area (Å²) in [7, 11) is -4.77. The third kappa shape index (κ3) is 4.68. The van der Waals surface area contributed by atoms with Crippen LogP contribution >= 0.6 is 7.82 Å². The number of rotatable bonds is 7. The van der Waals surface area contributed by atoms with Gasteiger partial charge in [-0.05, 0) is 50.6 Å². The van der Waals surface area contributed by atoms with Gasteiger partial charge in [-0.15, -0.1) is 0 Å². The van der Waals surface area contributed by atoms with Gasteiger partial charge in [0.05, 0.1) is 23.1 Å². The van der Waals surface area contributed by atoms with Gasteiger partial charge in [0.25, 0.3) is 5.91 Å². The number of nitrogens with zero attached hydrogens (tertiary/aromatic N) is 5. The summed E-state index contributed by atoms with van der Waals surface area (Å²) in [6.07, 6.45) is 3.52. The molecule has 2 aromatic heterocycles. The van der Waals surface area contributed by atoms with Crippen LogP contribution in [0.2, 0.25) is 0 Å². The Bertz CT molecular complexity index is 1720. The van der Waals surface area contributed by atoms with Gasteiger partial charge in [0.15, 0.2) is 5.82 Å². The Kier molecular flexibility index (Phi) is 6.46. The van der Waals surface area contributed by atoms with Crippen molar-refractivity contribution in [2.24, 2.45) is 0 Å². The van der Waals surface area contributed by atoms with Gasteiger partial charge in [-0.25, -0.2) is 19.5 Å². The lowest BCUT2D eigenvalue weighted by Crippen LogP contribution is -2.34. The highest BCUT2D eigenvalue weighted by Crippen LogP contribution is 2.50. The first-order chi connectivity index (χ1) is 19.4. The highest BCUT2D eigenvalue weighted by molar-refractivity contribution is 7.46. The molecule has 0 aliphatic carbocycles. The lowest BCUT2D eigenvalue weighted by molar-refractivity contribution is -0.0507. The zero-order valence-corrected chi connectivity index (χ0v) is 23.1. The lowest BCUT2D eigenvalue weighted by Gasteiger charge is -2.27. The van der Waals surface area contributed by atoms with E-state index in [1.54, 1.807) is 17.0 Å². The molecule has 4 heterocycles. The molecule has 0 fully saturated rings. The molecular formula is C27H26F2N5O6P. The fourth-order valence-electron chi connectivity index (χ4n) is 5.85. The minimum Gasteiger partial charge on any atom is -0.434 e. The molecule has 41 heavy (non-hydrogen) atoms. The molecule has 4 aromatic rings. The number of aromatic nitrogens is 4. The molecule has 2 aromatic carbocycles. The smallest absolute Gasteiger partial charge is 0.434 e. The van der Waals surface area contributed by atoms with E-state index >= 15 is 0 Å². The number of phosphoric acid groups is 1. The number of ether oxygens (including phenoxy) is 1. The fraction of sp³-hybridized carbons (Fsp3) is 0.333. The van der Waals surface area contributed by atoms with Crippen LogP contribution in [0.3, 0.4) is 0 Å². The van der Waals surface area contributed by atoms with E-state index < -0.39 is 26.1 Å². The van der Waals surface area contributed by atoms with Gasteiger partial charge in [-0.3, -0.25) is 9.32 Å². The van der Waals surface area contributed by atoms with E-state index in [9.17, 15) is 27.9 Å². The summed E-state index contributed by atoms with van der Waals surface area (Å²) in [5, 5.41) is 0. The van der Waals surface area contributed by atoms with Crippen LogP contribution in [0, 0.1) is 0 Å². The predicted molar refractivity (Wildman–Crippen MR) is 142 cm³/mol. The third-order valence-electron chi connectivity index (χ3n) is 7.47. The monoisotopic (exact) mass is 585 g/mol. The molecule has 2 aliphatic heterocycles. The molecule has 1 amide bonds. The average Bonchev–Trinajstić information content (AvgIpc) is 3.41. The van der Waals surface area contributed by atoms with Gasteiger partial charge in [0.2, 0.25) is 0 Å². The van der Waals surface area contributed by atoms with E-state index in [2.05, 4.69) is 9.97 Å². The van der Waals surface area contributed by atoms with Crippen LogP contribution in [-0.2, 0) is 14.7 Å². The van der Waals surface area contributed by atoms with Gasteiger partial charge < -0.3 is 24.0 Å². The van der Waals surface area contributed by atoms with Gasteiger partial charge in [0.1, 0.15) is 17.2 Å². The first kappa shape index (κ1) is 27.4. The normalized spacial score (nSPS) is 18.5. The summed E-state index contributed by atoms with van der Waals surface area (Å²) in [5.74, 6) is 0.463. The summed E-state index contributed by atoms with van der Waals surface area (Å²) in [6, 6.07) is 9.39. The van der Waals surface area contributed by atoms with E-state index in [1.165, 1.54) is 32.3 Å². The molecule has 2 N–H and O–H groups in total. The van der Waals surface area contributed by atoms with Crippen molar-refractivity contribution in [1.82, 2.24) is 24.4 Å². The predicted octanol–water partition coefficient (Wildman–Crippen LogP) is 4.95. The second kappa shape index (κ2) is 9.66. The summed E-state index contributed by atoms with van der Waals surface area (Å²) in [6.45, 7) is 2.15. The van der Waals surface area contributed by atoms with Crippen LogP contribution in [-0.4, -0.2) is 53.3 Å². The van der Waals surface area contributed by atoms with Crippen LogP contribution < -0.4 is 4.74 Å². The van der Waals surface area contributed by atoms with E-state index in [-0.39, 0.29) is 23.5 Å². The van der Waals surface area contributed by atoms with Crippen molar-refractivity contribution in [2.45, 2.75) is 51.5 Å². The van der Waals surface area contributed by atoms with Crippen molar-refractivity contribution in [1.29, 1.82) is 0 Å². The van der Waals surface area contributed by atoms with E-state index in [4.69, 9.17) is 14.2 Å². The van der Waals surface area contributed by atoms with Crippen molar-refractivity contribution < 1.29 is 37.2 Å². The highest BCUT2D eigenvalue weighted by Gasteiger charge is 2.45. The van der Waals surface area contributed by atoms with Gasteiger partial charge in [0, 0.05) is 42.0 Å². The molecule has 2 bridgehead atoms. The largest absolute Gasteiger partial charge is 0.470 e. The summed E-state index contributed by atoms with van der Waals surface area (Å²) >= 11 is 0. The minimum absolute atomic E-state index is 0.0393. The molecule has 6 rings (SSSR count). The molecule has 214 valence electrons. The van der Waals surface area contributed by atoms with Gasteiger partial charge in [-0.1, -0.05) is 12.1 Å². The maximum atomic E-state index is 13.5. The Balaban J connectivity index is 1.46. The number of hydrogen-bond donors (Lipinski definition) is 2. The molecule has 0 saturated carbocycles. The Morgan fingerprint density at radius 3 is 2.51 bits per heavy atom. The Morgan fingerprint density at radius 1 is 1.12 bits per heavy atom. The van der Waals surface area contributed by atoms with Crippen molar-refractivity contribution in [3.63, 3.8) is 0 Å². The molecule has 11 nitrogen and oxygen atoms in total. The number of imidazole rings is 1. The van der Waals surface area contributed by atoms with E-state index in [0.29, 0.717) is 41.0 Å². The Hall–Kier alpha value is -3.77. The number of phosphoric ester groups is 1. The van der Waals surface area contributed by atoms with Crippen molar-refractivity contribution >= 4 is 24.8 Å². The van der Waals surface area contributed by atoms with Gasteiger partial charge >= 0.3 is 14.4 Å². The minimum atomic E-state index is -4.77. The molecule has 2 aliphatic rings. The second-order valence-electron chi connectivity index (χ2n) is 10.4. The molecule has 0 radical (unpaired) electrons. The maximum absolute atomic E-state index is 13.5. The topological polar surface area (TPSA) is 140 Å². The molecule has 0 spiro atoms. The Morgan fingerprint density at radius 2 is 1.85 bits per heavy atom. The fourth-order valence-corrected chi connectivity index (χ4v) is 6.53. The summed E-state index contributed by atoms with van der Waals surface area (Å²) in [4.78, 5) is 47.1. The number of amides is 1. The number of benzene rings is 2. The Labute approximate surface area is 233 Å². The molecule has 0 saturated heterocycles. The van der Waals surface area contributed by atoms with Gasteiger partial charge in [-0.2, -0.15) is 8.78 Å². The third-order valence-corrected chi connectivity index (χ3v) is 8.16. The SMILES string of the molecule is CCN1C(=O)c2cccc(OC(F)F)c2[C@H]2C[C@@H]1c1nc3ccc(-c4cnc(C(C)(C)OP(=O)(O)O)nc4)cc3n12. The zero-order valence-electron chi connectivity index (χ0n) is 22.2. The second-order valence-corrected chi connectivity index (χ2v) is 11.5. The highest BCUT2D eigenvalue weighted by atomic mass is 31.2. The van der Waals surface area contributed by atoms with Crippen LogP contribution in [0.15, 0.2) is 48.8 Å². The van der Waals surface area contributed by atoms with E-state index in [0.717, 1.165) is 11.1 Å². The quantitative estimate of drug-likeness (QED) is 0.288. The van der Waals surface area contributed by atoms with Crippen LogP contribution in [0.25, 0.3) is 22.2 Å². The van der Waals surface area contributed by atoms with Crippen molar-refractivity contribution in [3.05, 3.63) is 71.6 Å². The maximum Gasteiger partial charge on any atom is 0.470 e. The number of halogens is 2. The van der Waals surface area contributed by atoms with E-state index in [1.807, 2.05) is 29.7 Å². The molecule has 2 atom stereocenters. The molecular weight excluding hydrogens is 559 g/mol. The number of alkyl halides is 2. The first-order valence-electron chi connectivity index (χ1n) is 12.9. The van der Waals surface area contributed by atoms with Crippen molar-refractivity contribution in [2.75, 3.05) is 6.54 Å². The van der Waals surface area contributed by atoms with Crippen LogP contribution in [0.5, 0.6) is 5.75 Å². The number of fused-ring (bicyclic) bond motifs is 9. The standard InChI is InChI=1S/C27H26F2N5O6P/c1-4-33-20-11-19(22-16(24(33)35)6-5-7-21(22)39-26(28)29)34-18-10-14(8-9-17(18)32-23(20)34)15-12-30-25(31-13-15)27(2,3)40-41(36,37)38/h5-10,12-13,19-20,26H,4,11H2,1-3H3,(H2,36,37,38)/t19-,20-/m1/s1. The van der Waals surface area contributed by atoms with Crippen LogP contribution in [0.1, 0.15) is 66.8 Å². The van der Waals surface area contributed by atoms with Crippen molar-refractivity contribution in [3.8, 4) is 16.9 Å². The number of carbonyl (C=O) groups excluding carboxylic acids is 1. The molecule has 14 heteroatoms. The lowest BCUT2D eigenvalue weighted by atomic mass is 9.97. The molecule has 0 unspecified atom stereocenters. The summed E-state index contributed by atoms with van der Waals surface area (Å²) in [5.41, 5.74) is 2.07. The average molecular weight is 586 g/mol. The first-order valence-corrected chi connectivity index (χ1v) is 14.4.